The Hall–Kier alpha value is -1.15. The second-order valence-electron chi connectivity index (χ2n) is 2.92. The Kier molecular flexibility index (Phi) is 1.93. The van der Waals surface area contributed by atoms with Crippen LogP contribution in [0.3, 0.4) is 0 Å². The molecule has 1 aromatic heterocycles. The van der Waals surface area contributed by atoms with Crippen molar-refractivity contribution in [2.75, 3.05) is 0 Å². The van der Waals surface area contributed by atoms with Crippen molar-refractivity contribution in [2.24, 2.45) is 7.05 Å². The quantitative estimate of drug-likeness (QED) is 0.450. The molecule has 0 radical (unpaired) electrons. The van der Waals surface area contributed by atoms with E-state index in [9.17, 15) is 4.39 Å². The molecule has 66 valence electrons. The van der Waals surface area contributed by atoms with Gasteiger partial charge in [-0.05, 0) is 17.7 Å². The maximum Gasteiger partial charge on any atom is 0.282 e. The molecule has 0 bridgehead atoms. The Morgan fingerprint density at radius 3 is 2.54 bits per heavy atom. The number of hydrogen-bond acceptors (Lipinski definition) is 0. The summed E-state index contributed by atoms with van der Waals surface area (Å²) in [4.78, 5) is 0. The number of rotatable bonds is 0. The molecule has 1 heterocycles. The molecular weight excluding hydrogens is 189 g/mol. The van der Waals surface area contributed by atoms with Crippen molar-refractivity contribution >= 4 is 22.4 Å². The molecule has 1 nitrogen and oxygen atoms in total. The van der Waals surface area contributed by atoms with Crippen LogP contribution >= 0.6 is 11.6 Å². The van der Waals surface area contributed by atoms with Crippen LogP contribution in [0.1, 0.15) is 0 Å². The lowest BCUT2D eigenvalue weighted by Gasteiger charge is -1.98. The van der Waals surface area contributed by atoms with Crippen LogP contribution in [0.25, 0.3) is 10.8 Å². The van der Waals surface area contributed by atoms with Crippen molar-refractivity contribution in [3.05, 3.63) is 41.4 Å². The highest BCUT2D eigenvalue weighted by atomic mass is 35.5. The maximum atomic E-state index is 13.3. The zero-order valence-electron chi connectivity index (χ0n) is 7.09. The van der Waals surface area contributed by atoms with Crippen LogP contribution in [0.5, 0.6) is 0 Å². The van der Waals surface area contributed by atoms with E-state index < -0.39 is 0 Å². The van der Waals surface area contributed by atoms with E-state index in [0.717, 1.165) is 5.39 Å². The minimum absolute atomic E-state index is 0.248. The summed E-state index contributed by atoms with van der Waals surface area (Å²) in [5.41, 5.74) is 0. The van der Waals surface area contributed by atoms with Crippen LogP contribution in [0.4, 0.5) is 4.39 Å². The van der Waals surface area contributed by atoms with Crippen molar-refractivity contribution in [3.63, 3.8) is 0 Å². The van der Waals surface area contributed by atoms with Crippen LogP contribution in [0.2, 0.25) is 5.15 Å². The molecule has 0 N–H and O–H groups in total. The van der Waals surface area contributed by atoms with Crippen molar-refractivity contribution in [1.82, 2.24) is 0 Å². The van der Waals surface area contributed by atoms with Crippen LogP contribution in [0.15, 0.2) is 30.5 Å². The molecule has 2 aromatic rings. The Balaban J connectivity index is 2.97. The average Bonchev–Trinajstić information content (AvgIpc) is 2.15. The summed E-state index contributed by atoms with van der Waals surface area (Å²) in [6.07, 6.45) is 1.38. The third kappa shape index (κ3) is 1.27. The summed E-state index contributed by atoms with van der Waals surface area (Å²) in [6, 6.07) is 7.16. The molecule has 0 spiro atoms. The monoisotopic (exact) mass is 196 g/mol. The van der Waals surface area contributed by atoms with Crippen LogP contribution in [-0.4, -0.2) is 0 Å². The summed E-state index contributed by atoms with van der Waals surface area (Å²) in [5, 5.41) is 1.86. The molecular formula is C10H8ClFN+. The number of halogens is 2. The van der Waals surface area contributed by atoms with E-state index in [1.807, 2.05) is 6.07 Å². The molecule has 0 unspecified atom stereocenters. The van der Waals surface area contributed by atoms with E-state index in [4.69, 9.17) is 11.6 Å². The zero-order valence-corrected chi connectivity index (χ0v) is 7.85. The van der Waals surface area contributed by atoms with Gasteiger partial charge in [0.25, 0.3) is 5.15 Å². The smallest absolute Gasteiger partial charge is 0.200 e. The predicted octanol–water partition coefficient (Wildman–Crippen LogP) is 2.46. The number of aryl methyl sites for hydroxylation is 1. The SMILES string of the molecule is C[n+]1cc(F)c2ccccc2c1Cl. The first-order valence-electron chi connectivity index (χ1n) is 3.92. The van der Waals surface area contributed by atoms with Crippen molar-refractivity contribution in [1.29, 1.82) is 0 Å². The van der Waals surface area contributed by atoms with Gasteiger partial charge in [-0.25, -0.2) is 0 Å². The minimum Gasteiger partial charge on any atom is -0.200 e. The molecule has 1 aromatic carbocycles. The van der Waals surface area contributed by atoms with Crippen molar-refractivity contribution in [3.8, 4) is 0 Å². The third-order valence-electron chi connectivity index (χ3n) is 2.02. The molecule has 2 rings (SSSR count). The maximum absolute atomic E-state index is 13.3. The highest BCUT2D eigenvalue weighted by Crippen LogP contribution is 2.21. The van der Waals surface area contributed by atoms with E-state index in [2.05, 4.69) is 0 Å². The summed E-state index contributed by atoms with van der Waals surface area (Å²) >= 11 is 5.99. The van der Waals surface area contributed by atoms with Crippen LogP contribution < -0.4 is 4.57 Å². The Morgan fingerprint density at radius 1 is 1.23 bits per heavy atom. The molecule has 0 fully saturated rings. The highest BCUT2D eigenvalue weighted by molar-refractivity contribution is 6.33. The lowest BCUT2D eigenvalue weighted by molar-refractivity contribution is -0.669. The molecule has 0 aliphatic rings. The Morgan fingerprint density at radius 2 is 1.85 bits per heavy atom. The Bertz CT molecular complexity index is 468. The number of hydrogen-bond donors (Lipinski definition) is 0. The second-order valence-corrected chi connectivity index (χ2v) is 3.28. The molecule has 0 saturated carbocycles. The molecule has 3 heteroatoms. The fourth-order valence-electron chi connectivity index (χ4n) is 1.36. The van der Waals surface area contributed by atoms with Crippen LogP contribution in [0, 0.1) is 5.82 Å². The first-order valence-corrected chi connectivity index (χ1v) is 4.30. The largest absolute Gasteiger partial charge is 0.282 e. The minimum atomic E-state index is -0.248. The molecule has 0 saturated heterocycles. The van der Waals surface area contributed by atoms with Gasteiger partial charge in [-0.15, -0.1) is 0 Å². The fraction of sp³-hybridized carbons (Fsp3) is 0.100. The second kappa shape index (κ2) is 2.96. The van der Waals surface area contributed by atoms with Gasteiger partial charge in [0.2, 0.25) is 6.20 Å². The van der Waals surface area contributed by atoms with Crippen LogP contribution in [-0.2, 0) is 7.05 Å². The van der Waals surface area contributed by atoms with Gasteiger partial charge < -0.3 is 0 Å². The van der Waals surface area contributed by atoms with Gasteiger partial charge in [0.15, 0.2) is 5.82 Å². The highest BCUT2D eigenvalue weighted by Gasteiger charge is 2.13. The van der Waals surface area contributed by atoms with Gasteiger partial charge in [-0.1, -0.05) is 18.2 Å². The standard InChI is InChI=1S/C10H8ClFN/c1-13-6-9(12)7-4-2-3-5-8(7)10(13)11/h2-6H,1H3/q+1. The first-order chi connectivity index (χ1) is 6.20. The summed E-state index contributed by atoms with van der Waals surface area (Å²) < 4.78 is 14.9. The van der Waals surface area contributed by atoms with E-state index in [-0.39, 0.29) is 5.82 Å². The summed E-state index contributed by atoms with van der Waals surface area (Å²) in [6.45, 7) is 0. The van der Waals surface area contributed by atoms with Gasteiger partial charge in [-0.2, -0.15) is 8.96 Å². The van der Waals surface area contributed by atoms with Gasteiger partial charge in [0, 0.05) is 5.39 Å². The van der Waals surface area contributed by atoms with E-state index in [1.54, 1.807) is 29.8 Å². The average molecular weight is 197 g/mol. The topological polar surface area (TPSA) is 3.88 Å². The lowest BCUT2D eigenvalue weighted by atomic mass is 10.2. The number of fused-ring (bicyclic) bond motifs is 1. The fourth-order valence-corrected chi connectivity index (χ4v) is 1.57. The molecule has 13 heavy (non-hydrogen) atoms. The molecule has 0 atom stereocenters. The zero-order chi connectivity index (χ0) is 9.42. The molecule has 0 aliphatic carbocycles. The lowest BCUT2D eigenvalue weighted by Crippen LogP contribution is -2.29. The van der Waals surface area contributed by atoms with Gasteiger partial charge in [0.05, 0.1) is 5.39 Å². The predicted molar refractivity (Wildman–Crippen MR) is 50.1 cm³/mol. The van der Waals surface area contributed by atoms with E-state index >= 15 is 0 Å². The molecule has 0 amide bonds. The van der Waals surface area contributed by atoms with Gasteiger partial charge in [0.1, 0.15) is 7.05 Å². The van der Waals surface area contributed by atoms with E-state index in [0.29, 0.717) is 10.5 Å². The van der Waals surface area contributed by atoms with Crippen molar-refractivity contribution < 1.29 is 8.96 Å². The number of aromatic nitrogens is 1. The summed E-state index contributed by atoms with van der Waals surface area (Å²) in [7, 11) is 1.72. The third-order valence-corrected chi connectivity index (χ3v) is 2.49. The Labute approximate surface area is 80.4 Å². The first kappa shape index (κ1) is 8.45. The van der Waals surface area contributed by atoms with E-state index in [1.165, 1.54) is 6.20 Å². The van der Waals surface area contributed by atoms with Gasteiger partial charge in [-0.3, -0.25) is 0 Å². The van der Waals surface area contributed by atoms with Crippen molar-refractivity contribution in [2.45, 2.75) is 0 Å². The number of nitrogens with zero attached hydrogens (tertiary/aromatic N) is 1. The molecule has 0 aliphatic heterocycles. The van der Waals surface area contributed by atoms with Gasteiger partial charge >= 0.3 is 0 Å². The summed E-state index contributed by atoms with van der Waals surface area (Å²) in [5.74, 6) is -0.248. The normalized spacial score (nSPS) is 10.7. The number of pyridine rings is 1. The number of benzene rings is 1.